The standard InChI is InChI=1S/C12H17BrN2O/c1-8(2)9(3)14-12(16)15-11-6-4-10(13)5-7-11/h4-9H,1-3H3,(H2,14,15,16)/t9-/m1/s1. The van der Waals surface area contributed by atoms with Crippen molar-refractivity contribution >= 4 is 27.6 Å². The third kappa shape index (κ3) is 4.23. The van der Waals surface area contributed by atoms with Crippen LogP contribution in [0.15, 0.2) is 28.7 Å². The summed E-state index contributed by atoms with van der Waals surface area (Å²) in [5, 5.41) is 5.66. The van der Waals surface area contributed by atoms with E-state index in [1.54, 1.807) is 0 Å². The monoisotopic (exact) mass is 284 g/mol. The van der Waals surface area contributed by atoms with Gasteiger partial charge in [0.05, 0.1) is 0 Å². The van der Waals surface area contributed by atoms with Gasteiger partial charge in [-0.3, -0.25) is 0 Å². The largest absolute Gasteiger partial charge is 0.335 e. The minimum atomic E-state index is -0.163. The highest BCUT2D eigenvalue weighted by Crippen LogP contribution is 2.14. The molecule has 0 heterocycles. The maximum atomic E-state index is 11.6. The topological polar surface area (TPSA) is 41.1 Å². The summed E-state index contributed by atoms with van der Waals surface area (Å²) in [4.78, 5) is 11.6. The number of hydrogen-bond acceptors (Lipinski definition) is 1. The van der Waals surface area contributed by atoms with Gasteiger partial charge in [0.15, 0.2) is 0 Å². The smallest absolute Gasteiger partial charge is 0.319 e. The summed E-state index contributed by atoms with van der Waals surface area (Å²) in [7, 11) is 0. The van der Waals surface area contributed by atoms with Gasteiger partial charge < -0.3 is 10.6 Å². The molecule has 88 valence electrons. The zero-order valence-corrected chi connectivity index (χ0v) is 11.3. The molecule has 0 bridgehead atoms. The highest BCUT2D eigenvalue weighted by Gasteiger charge is 2.10. The average molecular weight is 285 g/mol. The fourth-order valence-electron chi connectivity index (χ4n) is 1.07. The normalized spacial score (nSPS) is 12.3. The predicted octanol–water partition coefficient (Wildman–Crippen LogP) is 3.62. The van der Waals surface area contributed by atoms with Crippen LogP contribution >= 0.6 is 15.9 Å². The molecule has 0 aliphatic carbocycles. The molecule has 2 amide bonds. The van der Waals surface area contributed by atoms with E-state index in [0.29, 0.717) is 5.92 Å². The van der Waals surface area contributed by atoms with Gasteiger partial charge in [-0.1, -0.05) is 29.8 Å². The Hall–Kier alpha value is -1.03. The third-order valence-electron chi connectivity index (χ3n) is 2.46. The number of hydrogen-bond donors (Lipinski definition) is 2. The number of nitrogens with one attached hydrogen (secondary N) is 2. The predicted molar refractivity (Wildman–Crippen MR) is 70.6 cm³/mol. The zero-order chi connectivity index (χ0) is 12.1. The summed E-state index contributed by atoms with van der Waals surface area (Å²) in [6.07, 6.45) is 0. The van der Waals surface area contributed by atoms with Crippen molar-refractivity contribution in [1.29, 1.82) is 0 Å². The molecule has 3 nitrogen and oxygen atoms in total. The summed E-state index contributed by atoms with van der Waals surface area (Å²) in [6, 6.07) is 7.48. The van der Waals surface area contributed by atoms with Crippen LogP contribution in [0.25, 0.3) is 0 Å². The minimum Gasteiger partial charge on any atom is -0.335 e. The molecule has 0 unspecified atom stereocenters. The maximum absolute atomic E-state index is 11.6. The minimum absolute atomic E-state index is 0.162. The number of halogens is 1. The van der Waals surface area contributed by atoms with Crippen LogP contribution in [0.2, 0.25) is 0 Å². The van der Waals surface area contributed by atoms with Crippen molar-refractivity contribution < 1.29 is 4.79 Å². The first-order valence-electron chi connectivity index (χ1n) is 5.32. The molecule has 0 saturated heterocycles. The second kappa shape index (κ2) is 5.89. The van der Waals surface area contributed by atoms with Crippen LogP contribution in [0.3, 0.4) is 0 Å². The maximum Gasteiger partial charge on any atom is 0.319 e. The molecule has 0 aliphatic heterocycles. The van der Waals surface area contributed by atoms with Gasteiger partial charge in [0.2, 0.25) is 0 Å². The van der Waals surface area contributed by atoms with Crippen LogP contribution in [0.1, 0.15) is 20.8 Å². The average Bonchev–Trinajstić information content (AvgIpc) is 2.21. The Balaban J connectivity index is 2.48. The van der Waals surface area contributed by atoms with Crippen LogP contribution in [-0.2, 0) is 0 Å². The fourth-order valence-corrected chi connectivity index (χ4v) is 1.34. The van der Waals surface area contributed by atoms with Crippen LogP contribution in [-0.4, -0.2) is 12.1 Å². The number of anilines is 1. The molecule has 1 aromatic carbocycles. The van der Waals surface area contributed by atoms with Crippen LogP contribution in [0.5, 0.6) is 0 Å². The van der Waals surface area contributed by atoms with Crippen molar-refractivity contribution in [2.24, 2.45) is 5.92 Å². The zero-order valence-electron chi connectivity index (χ0n) is 9.75. The number of benzene rings is 1. The summed E-state index contributed by atoms with van der Waals surface area (Å²) in [5.41, 5.74) is 0.789. The lowest BCUT2D eigenvalue weighted by Crippen LogP contribution is -2.38. The summed E-state index contributed by atoms with van der Waals surface area (Å²) in [5.74, 6) is 0.427. The van der Waals surface area contributed by atoms with E-state index in [1.165, 1.54) is 0 Å². The molecule has 1 aromatic rings. The lowest BCUT2D eigenvalue weighted by atomic mass is 10.1. The van der Waals surface area contributed by atoms with Crippen LogP contribution < -0.4 is 10.6 Å². The van der Waals surface area contributed by atoms with E-state index < -0.39 is 0 Å². The third-order valence-corrected chi connectivity index (χ3v) is 2.99. The lowest BCUT2D eigenvalue weighted by Gasteiger charge is -2.17. The molecule has 0 aromatic heterocycles. The molecule has 0 radical (unpaired) electrons. The van der Waals surface area contributed by atoms with Crippen molar-refractivity contribution in [3.05, 3.63) is 28.7 Å². The van der Waals surface area contributed by atoms with E-state index in [1.807, 2.05) is 31.2 Å². The van der Waals surface area contributed by atoms with Crippen molar-refractivity contribution in [1.82, 2.24) is 5.32 Å². The summed E-state index contributed by atoms with van der Waals surface area (Å²) < 4.78 is 0.994. The van der Waals surface area contributed by atoms with E-state index in [2.05, 4.69) is 40.4 Å². The molecule has 0 aliphatic rings. The van der Waals surface area contributed by atoms with Gasteiger partial charge in [-0.2, -0.15) is 0 Å². The first kappa shape index (κ1) is 13.0. The van der Waals surface area contributed by atoms with Crippen molar-refractivity contribution in [2.75, 3.05) is 5.32 Å². The highest BCUT2D eigenvalue weighted by atomic mass is 79.9. The van der Waals surface area contributed by atoms with Gasteiger partial charge in [-0.25, -0.2) is 4.79 Å². The summed E-state index contributed by atoms with van der Waals surface area (Å²) in [6.45, 7) is 6.14. The van der Waals surface area contributed by atoms with Gasteiger partial charge in [0.1, 0.15) is 0 Å². The van der Waals surface area contributed by atoms with E-state index in [4.69, 9.17) is 0 Å². The molecular formula is C12H17BrN2O. The van der Waals surface area contributed by atoms with Gasteiger partial charge >= 0.3 is 6.03 Å². The molecule has 0 spiro atoms. The Morgan fingerprint density at radius 2 is 1.75 bits per heavy atom. The molecular weight excluding hydrogens is 268 g/mol. The number of carbonyl (C=O) groups is 1. The summed E-state index contributed by atoms with van der Waals surface area (Å²) >= 11 is 3.34. The molecule has 16 heavy (non-hydrogen) atoms. The molecule has 0 fully saturated rings. The van der Waals surface area contributed by atoms with E-state index in [0.717, 1.165) is 10.2 Å². The van der Waals surface area contributed by atoms with Crippen LogP contribution in [0, 0.1) is 5.92 Å². The van der Waals surface area contributed by atoms with E-state index in [9.17, 15) is 4.79 Å². The Labute approximate surface area is 105 Å². The van der Waals surface area contributed by atoms with Gasteiger partial charge in [-0.05, 0) is 37.1 Å². The van der Waals surface area contributed by atoms with Gasteiger partial charge in [0.25, 0.3) is 0 Å². The van der Waals surface area contributed by atoms with Crippen molar-refractivity contribution in [3.63, 3.8) is 0 Å². The van der Waals surface area contributed by atoms with E-state index >= 15 is 0 Å². The van der Waals surface area contributed by atoms with Crippen molar-refractivity contribution in [2.45, 2.75) is 26.8 Å². The quantitative estimate of drug-likeness (QED) is 0.875. The second-order valence-corrected chi connectivity index (χ2v) is 5.05. The number of amides is 2. The Morgan fingerprint density at radius 3 is 2.25 bits per heavy atom. The number of carbonyl (C=O) groups excluding carboxylic acids is 1. The van der Waals surface area contributed by atoms with Gasteiger partial charge in [0, 0.05) is 16.2 Å². The SMILES string of the molecule is CC(C)[C@@H](C)NC(=O)Nc1ccc(Br)cc1. The van der Waals surface area contributed by atoms with Crippen molar-refractivity contribution in [3.8, 4) is 0 Å². The first-order chi connectivity index (χ1) is 7.49. The Morgan fingerprint density at radius 1 is 1.19 bits per heavy atom. The Kier molecular flexibility index (Phi) is 4.80. The first-order valence-corrected chi connectivity index (χ1v) is 6.11. The molecule has 2 N–H and O–H groups in total. The van der Waals surface area contributed by atoms with E-state index in [-0.39, 0.29) is 12.1 Å². The second-order valence-electron chi connectivity index (χ2n) is 4.14. The highest BCUT2D eigenvalue weighted by molar-refractivity contribution is 9.10. The number of urea groups is 1. The molecule has 0 saturated carbocycles. The Bertz CT molecular complexity index is 349. The van der Waals surface area contributed by atoms with Gasteiger partial charge in [-0.15, -0.1) is 0 Å². The molecule has 4 heteroatoms. The molecule has 1 atom stereocenters. The number of rotatable bonds is 3. The van der Waals surface area contributed by atoms with Crippen LogP contribution in [0.4, 0.5) is 10.5 Å². The fraction of sp³-hybridized carbons (Fsp3) is 0.417. The molecule has 1 rings (SSSR count). The lowest BCUT2D eigenvalue weighted by molar-refractivity contribution is 0.246.